The van der Waals surface area contributed by atoms with Crippen molar-refractivity contribution in [1.82, 2.24) is 5.32 Å². The summed E-state index contributed by atoms with van der Waals surface area (Å²) in [5.41, 5.74) is 0.106. The maximum Gasteiger partial charge on any atom is 0.319 e. The number of ether oxygens (including phenoxy) is 2. The lowest BCUT2D eigenvalue weighted by molar-refractivity contribution is -0.165. The first-order chi connectivity index (χ1) is 9.98. The highest BCUT2D eigenvalue weighted by Crippen LogP contribution is 2.50. The quantitative estimate of drug-likeness (QED) is 0.666. The van der Waals surface area contributed by atoms with Crippen LogP contribution in [0.1, 0.15) is 32.3 Å². The van der Waals surface area contributed by atoms with Crippen LogP contribution >= 0.6 is 0 Å². The molecule has 1 fully saturated rings. The summed E-state index contributed by atoms with van der Waals surface area (Å²) in [7, 11) is 0. The number of rotatable bonds is 2. The van der Waals surface area contributed by atoms with Crippen LogP contribution in [-0.4, -0.2) is 24.2 Å². The van der Waals surface area contributed by atoms with Crippen LogP contribution in [0.5, 0.6) is 5.75 Å². The Bertz CT molecular complexity index is 600. The molecule has 5 heteroatoms. The summed E-state index contributed by atoms with van der Waals surface area (Å²) >= 11 is 0. The van der Waals surface area contributed by atoms with Gasteiger partial charge in [-0.3, -0.25) is 9.59 Å². The van der Waals surface area contributed by atoms with Crippen LogP contribution in [-0.2, 0) is 14.3 Å². The van der Waals surface area contributed by atoms with E-state index < -0.39 is 17.6 Å². The normalized spacial score (nSPS) is 33.5. The van der Waals surface area contributed by atoms with Gasteiger partial charge in [0.1, 0.15) is 11.7 Å². The minimum Gasteiger partial charge on any atom is -0.468 e. The number of carbonyl (C=O) groups is 2. The Morgan fingerprint density at radius 2 is 2.14 bits per heavy atom. The van der Waals surface area contributed by atoms with E-state index in [0.29, 0.717) is 0 Å². The largest absolute Gasteiger partial charge is 0.468 e. The van der Waals surface area contributed by atoms with Crippen LogP contribution in [0.25, 0.3) is 0 Å². The van der Waals surface area contributed by atoms with Crippen molar-refractivity contribution in [3.63, 3.8) is 0 Å². The SMILES string of the molecule is CCOC(=O)[C@H]1C(=O)N[C@@]2(C)Oc3ccccc3[C@@H]1[C@H]2C. The molecule has 1 aromatic carbocycles. The number of hydrogen-bond acceptors (Lipinski definition) is 4. The van der Waals surface area contributed by atoms with Gasteiger partial charge in [0, 0.05) is 11.8 Å². The third kappa shape index (κ3) is 1.99. The summed E-state index contributed by atoms with van der Waals surface area (Å²) in [6, 6.07) is 7.56. The lowest BCUT2D eigenvalue weighted by atomic mass is 9.68. The van der Waals surface area contributed by atoms with Crippen molar-refractivity contribution in [2.75, 3.05) is 6.61 Å². The topological polar surface area (TPSA) is 64.6 Å². The first-order valence-corrected chi connectivity index (χ1v) is 7.24. The molecule has 2 aliphatic heterocycles. The fraction of sp³-hybridized carbons (Fsp3) is 0.500. The molecule has 0 unspecified atom stereocenters. The second kappa shape index (κ2) is 4.76. The van der Waals surface area contributed by atoms with Crippen LogP contribution in [0.2, 0.25) is 0 Å². The highest BCUT2D eigenvalue weighted by Gasteiger charge is 2.56. The van der Waals surface area contributed by atoms with Crippen molar-refractivity contribution >= 4 is 11.9 Å². The maximum absolute atomic E-state index is 12.4. The van der Waals surface area contributed by atoms with Gasteiger partial charge in [-0.05, 0) is 25.5 Å². The first-order valence-electron chi connectivity index (χ1n) is 7.24. The zero-order valence-electron chi connectivity index (χ0n) is 12.4. The zero-order chi connectivity index (χ0) is 15.2. The van der Waals surface area contributed by atoms with Crippen molar-refractivity contribution in [1.29, 1.82) is 0 Å². The average molecular weight is 289 g/mol. The van der Waals surface area contributed by atoms with E-state index in [-0.39, 0.29) is 24.3 Å². The molecule has 2 bridgehead atoms. The minimum atomic E-state index is -0.821. The van der Waals surface area contributed by atoms with Gasteiger partial charge in [0.15, 0.2) is 5.72 Å². The van der Waals surface area contributed by atoms with E-state index in [1.807, 2.05) is 38.1 Å². The number of piperidine rings is 1. The van der Waals surface area contributed by atoms with Gasteiger partial charge in [0.05, 0.1) is 6.61 Å². The number of carbonyl (C=O) groups excluding carboxylic acids is 2. The van der Waals surface area contributed by atoms with Gasteiger partial charge in [-0.2, -0.15) is 0 Å². The molecular formula is C16H19NO4. The first kappa shape index (κ1) is 13.9. The molecule has 5 nitrogen and oxygen atoms in total. The van der Waals surface area contributed by atoms with E-state index in [2.05, 4.69) is 5.32 Å². The summed E-state index contributed by atoms with van der Waals surface area (Å²) in [6.45, 7) is 5.84. The number of fused-ring (bicyclic) bond motifs is 4. The van der Waals surface area contributed by atoms with E-state index in [0.717, 1.165) is 11.3 Å². The molecule has 2 aliphatic rings. The van der Waals surface area contributed by atoms with Crippen molar-refractivity contribution in [2.24, 2.45) is 11.8 Å². The summed E-state index contributed by atoms with van der Waals surface area (Å²) in [6.07, 6.45) is 0. The van der Waals surface area contributed by atoms with Gasteiger partial charge in [-0.25, -0.2) is 0 Å². The Hall–Kier alpha value is -2.04. The highest BCUT2D eigenvalue weighted by molar-refractivity contribution is 6.00. The molecule has 3 rings (SSSR count). The van der Waals surface area contributed by atoms with Crippen LogP contribution in [0, 0.1) is 11.8 Å². The molecule has 0 aliphatic carbocycles. The second-order valence-corrected chi connectivity index (χ2v) is 5.78. The van der Waals surface area contributed by atoms with Gasteiger partial charge in [0.2, 0.25) is 5.91 Å². The summed E-state index contributed by atoms with van der Waals surface area (Å²) in [5.74, 6) is -1.15. The van der Waals surface area contributed by atoms with Gasteiger partial charge in [0.25, 0.3) is 0 Å². The predicted octanol–water partition coefficient (Wildman–Crippen LogP) is 1.82. The van der Waals surface area contributed by atoms with E-state index in [4.69, 9.17) is 9.47 Å². The third-order valence-electron chi connectivity index (χ3n) is 4.56. The fourth-order valence-electron chi connectivity index (χ4n) is 3.36. The number of nitrogens with one attached hydrogen (secondary N) is 1. The molecule has 4 atom stereocenters. The summed E-state index contributed by atoms with van der Waals surface area (Å²) in [5, 5.41) is 2.84. The lowest BCUT2D eigenvalue weighted by Gasteiger charge is -2.51. The number of amides is 1. The minimum absolute atomic E-state index is 0.0282. The van der Waals surface area contributed by atoms with E-state index in [9.17, 15) is 9.59 Å². The molecule has 0 radical (unpaired) electrons. The monoisotopic (exact) mass is 289 g/mol. The van der Waals surface area contributed by atoms with Crippen LogP contribution in [0.3, 0.4) is 0 Å². The maximum atomic E-state index is 12.4. The van der Waals surface area contributed by atoms with Crippen molar-refractivity contribution < 1.29 is 19.1 Å². The molecular weight excluding hydrogens is 270 g/mol. The number of para-hydroxylation sites is 1. The molecule has 1 N–H and O–H groups in total. The molecule has 1 aromatic rings. The summed E-state index contributed by atoms with van der Waals surface area (Å²) in [4.78, 5) is 24.6. The summed E-state index contributed by atoms with van der Waals surface area (Å²) < 4.78 is 11.1. The Labute approximate surface area is 123 Å². The number of benzene rings is 1. The molecule has 1 amide bonds. The lowest BCUT2D eigenvalue weighted by Crippen LogP contribution is -2.66. The van der Waals surface area contributed by atoms with Crippen molar-refractivity contribution in [2.45, 2.75) is 32.4 Å². The van der Waals surface area contributed by atoms with Crippen LogP contribution < -0.4 is 10.1 Å². The van der Waals surface area contributed by atoms with E-state index >= 15 is 0 Å². The molecule has 0 saturated carbocycles. The number of esters is 1. The second-order valence-electron chi connectivity index (χ2n) is 5.78. The standard InChI is InChI=1S/C16H19NO4/c1-4-20-15(19)13-12-9(2)16(3,17-14(13)18)21-11-8-6-5-7-10(11)12/h5-9,12-13H,4H2,1-3H3,(H,17,18)/t9-,12+,13-,16+/m1/s1. The van der Waals surface area contributed by atoms with Crippen molar-refractivity contribution in [3.8, 4) is 5.75 Å². The van der Waals surface area contributed by atoms with Crippen LogP contribution in [0.4, 0.5) is 0 Å². The molecule has 0 spiro atoms. The Kier molecular flexibility index (Phi) is 3.15. The third-order valence-corrected chi connectivity index (χ3v) is 4.56. The van der Waals surface area contributed by atoms with E-state index in [1.54, 1.807) is 6.92 Å². The van der Waals surface area contributed by atoms with Gasteiger partial charge >= 0.3 is 5.97 Å². The van der Waals surface area contributed by atoms with Gasteiger partial charge in [-0.1, -0.05) is 25.1 Å². The highest BCUT2D eigenvalue weighted by atomic mass is 16.5. The predicted molar refractivity (Wildman–Crippen MR) is 75.6 cm³/mol. The molecule has 112 valence electrons. The molecule has 2 heterocycles. The number of hydrogen-bond donors (Lipinski definition) is 1. The Balaban J connectivity index is 2.10. The smallest absolute Gasteiger partial charge is 0.319 e. The van der Waals surface area contributed by atoms with Gasteiger partial charge in [-0.15, -0.1) is 0 Å². The van der Waals surface area contributed by atoms with Crippen LogP contribution in [0.15, 0.2) is 24.3 Å². The molecule has 0 aromatic heterocycles. The zero-order valence-corrected chi connectivity index (χ0v) is 12.4. The van der Waals surface area contributed by atoms with E-state index in [1.165, 1.54) is 0 Å². The average Bonchev–Trinajstić information content (AvgIpc) is 2.42. The Morgan fingerprint density at radius 1 is 1.43 bits per heavy atom. The van der Waals surface area contributed by atoms with Crippen molar-refractivity contribution in [3.05, 3.63) is 29.8 Å². The molecule has 21 heavy (non-hydrogen) atoms. The Morgan fingerprint density at radius 3 is 2.86 bits per heavy atom. The van der Waals surface area contributed by atoms with Gasteiger partial charge < -0.3 is 14.8 Å². The fourth-order valence-corrected chi connectivity index (χ4v) is 3.36. The molecule has 1 saturated heterocycles.